The Hall–Kier alpha value is -3.32. The zero-order valence-electron chi connectivity index (χ0n) is 17.9. The molecule has 0 spiro atoms. The lowest BCUT2D eigenvalue weighted by atomic mass is 10.1. The molecular weight excluding hydrogens is 422 g/mol. The van der Waals surface area contributed by atoms with E-state index in [1.165, 1.54) is 37.1 Å². The fourth-order valence-electron chi connectivity index (χ4n) is 3.67. The van der Waals surface area contributed by atoms with Crippen LogP contribution >= 0.6 is 11.8 Å². The maximum Gasteiger partial charge on any atom is 0.269 e. The van der Waals surface area contributed by atoms with Crippen LogP contribution in [0.2, 0.25) is 0 Å². The van der Waals surface area contributed by atoms with E-state index >= 15 is 0 Å². The molecule has 1 aliphatic rings. The fourth-order valence-corrected chi connectivity index (χ4v) is 4.49. The lowest BCUT2D eigenvalue weighted by Gasteiger charge is -2.29. The monoisotopic (exact) mass is 447 g/mol. The van der Waals surface area contributed by atoms with Gasteiger partial charge in [-0.1, -0.05) is 11.8 Å². The molecule has 1 aliphatic heterocycles. The van der Waals surface area contributed by atoms with E-state index in [0.29, 0.717) is 0 Å². The van der Waals surface area contributed by atoms with E-state index < -0.39 is 4.92 Å². The highest BCUT2D eigenvalue weighted by Gasteiger charge is 2.13. The number of non-ortho nitro benzene ring substituents is 1. The molecule has 3 aromatic carbocycles. The predicted octanol–water partition coefficient (Wildman–Crippen LogP) is 6.50. The average Bonchev–Trinajstić information content (AvgIpc) is 2.84. The first-order valence-corrected chi connectivity index (χ1v) is 11.4. The van der Waals surface area contributed by atoms with Crippen molar-refractivity contribution in [1.82, 2.24) is 0 Å². The SMILES string of the molecule is COc1cc(N2CCCCC2)ccc1C=Nc1ccc(Sc2ccc([N+](=O)[O-])cc2)cc1. The lowest BCUT2D eigenvalue weighted by molar-refractivity contribution is -0.384. The molecule has 0 N–H and O–H groups in total. The summed E-state index contributed by atoms with van der Waals surface area (Å²) in [6.07, 6.45) is 5.62. The molecule has 0 aromatic heterocycles. The van der Waals surface area contributed by atoms with Crippen LogP contribution in [0.15, 0.2) is 81.5 Å². The van der Waals surface area contributed by atoms with Gasteiger partial charge >= 0.3 is 0 Å². The Labute approximate surface area is 192 Å². The molecule has 0 atom stereocenters. The quantitative estimate of drug-likeness (QED) is 0.235. The van der Waals surface area contributed by atoms with Crippen molar-refractivity contribution in [2.45, 2.75) is 29.1 Å². The van der Waals surface area contributed by atoms with Gasteiger partial charge in [0.05, 0.1) is 17.7 Å². The zero-order valence-corrected chi connectivity index (χ0v) is 18.8. The number of rotatable bonds is 7. The number of methoxy groups -OCH3 is 1. The van der Waals surface area contributed by atoms with E-state index in [0.717, 1.165) is 39.9 Å². The van der Waals surface area contributed by atoms with E-state index in [9.17, 15) is 10.1 Å². The third kappa shape index (κ3) is 5.48. The van der Waals surface area contributed by atoms with Gasteiger partial charge < -0.3 is 9.64 Å². The summed E-state index contributed by atoms with van der Waals surface area (Å²) in [6, 6.07) is 20.8. The number of nitro groups is 1. The van der Waals surface area contributed by atoms with Crippen LogP contribution in [0.1, 0.15) is 24.8 Å². The lowest BCUT2D eigenvalue weighted by Crippen LogP contribution is -2.29. The van der Waals surface area contributed by atoms with Crippen LogP contribution in [0.5, 0.6) is 5.75 Å². The molecule has 32 heavy (non-hydrogen) atoms. The van der Waals surface area contributed by atoms with Gasteiger partial charge in [-0.25, -0.2) is 0 Å². The molecule has 0 saturated carbocycles. The molecule has 1 saturated heterocycles. The molecule has 0 bridgehead atoms. The highest BCUT2D eigenvalue weighted by molar-refractivity contribution is 7.99. The van der Waals surface area contributed by atoms with Crippen molar-refractivity contribution >= 4 is 35.0 Å². The van der Waals surface area contributed by atoms with Crippen molar-refractivity contribution in [3.8, 4) is 5.75 Å². The van der Waals surface area contributed by atoms with Crippen LogP contribution in [0.4, 0.5) is 17.1 Å². The summed E-state index contributed by atoms with van der Waals surface area (Å²) in [7, 11) is 1.69. The Balaban J connectivity index is 1.42. The number of piperidine rings is 1. The van der Waals surface area contributed by atoms with Crippen molar-refractivity contribution in [3.05, 3.63) is 82.4 Å². The minimum Gasteiger partial charge on any atom is -0.496 e. The second kappa shape index (κ2) is 10.3. The Kier molecular flexibility index (Phi) is 7.07. The number of anilines is 1. The molecule has 4 rings (SSSR count). The average molecular weight is 448 g/mol. The van der Waals surface area contributed by atoms with Crippen LogP contribution in [-0.4, -0.2) is 31.3 Å². The van der Waals surface area contributed by atoms with Crippen molar-refractivity contribution in [2.75, 3.05) is 25.1 Å². The topological polar surface area (TPSA) is 68.0 Å². The van der Waals surface area contributed by atoms with Crippen LogP contribution < -0.4 is 9.64 Å². The number of ether oxygens (including phenoxy) is 1. The molecule has 1 fully saturated rings. The van der Waals surface area contributed by atoms with Crippen LogP contribution in [-0.2, 0) is 0 Å². The van der Waals surface area contributed by atoms with Crippen LogP contribution in [0.25, 0.3) is 0 Å². The van der Waals surface area contributed by atoms with E-state index in [1.54, 1.807) is 31.0 Å². The number of benzene rings is 3. The summed E-state index contributed by atoms with van der Waals surface area (Å²) in [5, 5.41) is 10.8. The van der Waals surface area contributed by atoms with E-state index in [4.69, 9.17) is 4.74 Å². The normalized spacial score (nSPS) is 14.0. The number of nitrogens with zero attached hydrogens (tertiary/aromatic N) is 3. The third-order valence-corrected chi connectivity index (χ3v) is 6.43. The van der Waals surface area contributed by atoms with Gasteiger partial charge in [0, 0.05) is 58.5 Å². The molecule has 1 heterocycles. The fraction of sp³-hybridized carbons (Fsp3) is 0.240. The van der Waals surface area contributed by atoms with Gasteiger partial charge in [0.1, 0.15) is 5.75 Å². The number of hydrogen-bond acceptors (Lipinski definition) is 6. The number of hydrogen-bond donors (Lipinski definition) is 0. The van der Waals surface area contributed by atoms with Crippen molar-refractivity contribution in [2.24, 2.45) is 4.99 Å². The van der Waals surface area contributed by atoms with Crippen molar-refractivity contribution < 1.29 is 9.66 Å². The van der Waals surface area contributed by atoms with Crippen molar-refractivity contribution in [3.63, 3.8) is 0 Å². The van der Waals surface area contributed by atoms with E-state index in [1.807, 2.05) is 30.5 Å². The second-order valence-electron chi connectivity index (χ2n) is 7.58. The summed E-state index contributed by atoms with van der Waals surface area (Å²) in [4.78, 5) is 19.4. The molecule has 164 valence electrons. The van der Waals surface area contributed by atoms with Gasteiger partial charge in [-0.05, 0) is 67.8 Å². The standard InChI is InChI=1S/C25H25N3O3S/c1-31-25-17-22(27-15-3-2-4-16-27)8-5-19(25)18-26-20-6-11-23(12-7-20)32-24-13-9-21(10-14-24)28(29)30/h5-14,17-18H,2-4,15-16H2,1H3. The maximum absolute atomic E-state index is 10.8. The Bertz CT molecular complexity index is 1090. The predicted molar refractivity (Wildman–Crippen MR) is 130 cm³/mol. The van der Waals surface area contributed by atoms with Crippen LogP contribution in [0.3, 0.4) is 0 Å². The Morgan fingerprint density at radius 3 is 2.25 bits per heavy atom. The summed E-state index contributed by atoms with van der Waals surface area (Å²) in [6.45, 7) is 2.20. The number of nitro benzene ring substituents is 1. The largest absolute Gasteiger partial charge is 0.496 e. The minimum atomic E-state index is -0.391. The molecule has 6 nitrogen and oxygen atoms in total. The third-order valence-electron chi connectivity index (χ3n) is 5.41. The number of aliphatic imine (C=N–C) groups is 1. The van der Waals surface area contributed by atoms with Crippen molar-refractivity contribution in [1.29, 1.82) is 0 Å². The van der Waals surface area contributed by atoms with E-state index in [-0.39, 0.29) is 5.69 Å². The first kappa shape index (κ1) is 21.9. The van der Waals surface area contributed by atoms with Gasteiger partial charge in [0.25, 0.3) is 5.69 Å². The summed E-state index contributed by atoms with van der Waals surface area (Å²) < 4.78 is 5.61. The molecule has 0 radical (unpaired) electrons. The zero-order chi connectivity index (χ0) is 22.3. The van der Waals surface area contributed by atoms with Crippen LogP contribution in [0, 0.1) is 10.1 Å². The Morgan fingerprint density at radius 1 is 0.969 bits per heavy atom. The highest BCUT2D eigenvalue weighted by Crippen LogP contribution is 2.31. The Morgan fingerprint density at radius 2 is 1.62 bits per heavy atom. The van der Waals surface area contributed by atoms with Gasteiger partial charge in [0.2, 0.25) is 0 Å². The molecule has 0 unspecified atom stereocenters. The van der Waals surface area contributed by atoms with Gasteiger partial charge in [-0.3, -0.25) is 15.1 Å². The first-order chi connectivity index (χ1) is 15.6. The molecule has 7 heteroatoms. The summed E-state index contributed by atoms with van der Waals surface area (Å²) in [5.41, 5.74) is 3.09. The summed E-state index contributed by atoms with van der Waals surface area (Å²) in [5.74, 6) is 0.821. The molecular formula is C25H25N3O3S. The molecule has 0 amide bonds. The summed E-state index contributed by atoms with van der Waals surface area (Å²) >= 11 is 1.55. The van der Waals surface area contributed by atoms with Gasteiger partial charge in [-0.15, -0.1) is 0 Å². The van der Waals surface area contributed by atoms with E-state index in [2.05, 4.69) is 28.1 Å². The smallest absolute Gasteiger partial charge is 0.269 e. The minimum absolute atomic E-state index is 0.0958. The highest BCUT2D eigenvalue weighted by atomic mass is 32.2. The van der Waals surface area contributed by atoms with Gasteiger partial charge in [0.15, 0.2) is 0 Å². The molecule has 3 aromatic rings. The first-order valence-electron chi connectivity index (χ1n) is 10.6. The second-order valence-corrected chi connectivity index (χ2v) is 8.73. The maximum atomic E-state index is 10.8. The molecule has 0 aliphatic carbocycles. The van der Waals surface area contributed by atoms with Gasteiger partial charge in [-0.2, -0.15) is 0 Å².